The number of carbonyl (C=O) groups is 1. The van der Waals surface area contributed by atoms with Gasteiger partial charge in [-0.3, -0.25) is 4.79 Å². The number of likely N-dealkylation sites (N-methyl/N-ethyl adjacent to an activating group) is 2. The summed E-state index contributed by atoms with van der Waals surface area (Å²) in [5, 5.41) is 1.00. The molecule has 0 aliphatic rings. The Hall–Kier alpha value is -1.72. The number of aryl methyl sites for hydroxylation is 3. The van der Waals surface area contributed by atoms with Crippen LogP contribution in [-0.2, 0) is 11.2 Å². The van der Waals surface area contributed by atoms with Crippen LogP contribution in [0.5, 0.6) is 0 Å². The van der Waals surface area contributed by atoms with Crippen LogP contribution in [-0.4, -0.2) is 54.9 Å². The standard InChI is InChI=1S/C19H27N3OS/c1-13-7-8-16(11-14(13)2)19-17(24-15(3)20-19)12-18(23)22(6)10-9-21(4)5/h7-8,11H,9-10,12H2,1-6H3. The Bertz CT molecular complexity index is 721. The number of carbonyl (C=O) groups excluding carboxylic acids is 1. The van der Waals surface area contributed by atoms with Crippen molar-refractivity contribution in [3.8, 4) is 11.3 Å². The molecule has 4 nitrogen and oxygen atoms in total. The summed E-state index contributed by atoms with van der Waals surface area (Å²) < 4.78 is 0. The lowest BCUT2D eigenvalue weighted by atomic mass is 10.0. The van der Waals surface area contributed by atoms with Gasteiger partial charge in [0, 0.05) is 30.6 Å². The van der Waals surface area contributed by atoms with Crippen molar-refractivity contribution in [2.45, 2.75) is 27.2 Å². The summed E-state index contributed by atoms with van der Waals surface area (Å²) in [5.41, 5.74) is 4.57. The minimum Gasteiger partial charge on any atom is -0.344 e. The Balaban J connectivity index is 2.19. The van der Waals surface area contributed by atoms with Gasteiger partial charge in [0.2, 0.25) is 5.91 Å². The lowest BCUT2D eigenvalue weighted by Crippen LogP contribution is -2.34. The zero-order valence-electron chi connectivity index (χ0n) is 15.5. The van der Waals surface area contributed by atoms with Gasteiger partial charge in [-0.1, -0.05) is 12.1 Å². The first-order valence-corrected chi connectivity index (χ1v) is 9.02. The third-order valence-corrected chi connectivity index (χ3v) is 5.18. The van der Waals surface area contributed by atoms with Crippen LogP contribution in [0, 0.1) is 20.8 Å². The van der Waals surface area contributed by atoms with Gasteiger partial charge in [0.05, 0.1) is 17.1 Å². The van der Waals surface area contributed by atoms with E-state index < -0.39 is 0 Å². The number of amides is 1. The normalized spacial score (nSPS) is 11.1. The van der Waals surface area contributed by atoms with Gasteiger partial charge in [-0.25, -0.2) is 4.98 Å². The summed E-state index contributed by atoms with van der Waals surface area (Å²) in [6, 6.07) is 6.38. The molecule has 1 amide bonds. The average molecular weight is 346 g/mol. The number of thiazole rings is 1. The lowest BCUT2D eigenvalue weighted by molar-refractivity contribution is -0.129. The van der Waals surface area contributed by atoms with Crippen LogP contribution < -0.4 is 0 Å². The number of rotatable bonds is 6. The maximum atomic E-state index is 12.5. The number of benzene rings is 1. The van der Waals surface area contributed by atoms with Crippen LogP contribution >= 0.6 is 11.3 Å². The van der Waals surface area contributed by atoms with Crippen molar-refractivity contribution in [3.05, 3.63) is 39.2 Å². The van der Waals surface area contributed by atoms with E-state index in [1.54, 1.807) is 16.2 Å². The molecule has 0 saturated heterocycles. The van der Waals surface area contributed by atoms with Crippen molar-refractivity contribution >= 4 is 17.2 Å². The van der Waals surface area contributed by atoms with E-state index in [9.17, 15) is 4.79 Å². The highest BCUT2D eigenvalue weighted by Crippen LogP contribution is 2.30. The maximum absolute atomic E-state index is 12.5. The predicted molar refractivity (Wildman–Crippen MR) is 102 cm³/mol. The summed E-state index contributed by atoms with van der Waals surface area (Å²) >= 11 is 1.62. The fraction of sp³-hybridized carbons (Fsp3) is 0.474. The predicted octanol–water partition coefficient (Wildman–Crippen LogP) is 3.30. The van der Waals surface area contributed by atoms with E-state index in [-0.39, 0.29) is 5.91 Å². The molecule has 5 heteroatoms. The Morgan fingerprint density at radius 2 is 1.79 bits per heavy atom. The van der Waals surface area contributed by atoms with E-state index in [4.69, 9.17) is 0 Å². The molecule has 130 valence electrons. The Morgan fingerprint density at radius 1 is 1.08 bits per heavy atom. The van der Waals surface area contributed by atoms with Crippen LogP contribution in [0.2, 0.25) is 0 Å². The van der Waals surface area contributed by atoms with E-state index >= 15 is 0 Å². The van der Waals surface area contributed by atoms with E-state index in [2.05, 4.69) is 41.9 Å². The minimum atomic E-state index is 0.144. The van der Waals surface area contributed by atoms with Crippen molar-refractivity contribution in [3.63, 3.8) is 0 Å². The van der Waals surface area contributed by atoms with Gasteiger partial charge < -0.3 is 9.80 Å². The highest BCUT2D eigenvalue weighted by atomic mass is 32.1. The Morgan fingerprint density at radius 3 is 2.42 bits per heavy atom. The SMILES string of the molecule is Cc1nc(-c2ccc(C)c(C)c2)c(CC(=O)N(C)CCN(C)C)s1. The summed E-state index contributed by atoms with van der Waals surface area (Å²) in [6.07, 6.45) is 0.414. The molecule has 0 unspecified atom stereocenters. The van der Waals surface area contributed by atoms with Crippen molar-refractivity contribution in [1.29, 1.82) is 0 Å². The van der Waals surface area contributed by atoms with Crippen LogP contribution in [0.15, 0.2) is 18.2 Å². The molecular formula is C19H27N3OS. The molecule has 0 spiro atoms. The van der Waals surface area contributed by atoms with Crippen molar-refractivity contribution < 1.29 is 4.79 Å². The second-order valence-corrected chi connectivity index (χ2v) is 7.89. The number of aromatic nitrogens is 1. The molecule has 0 bridgehead atoms. The molecule has 0 saturated carbocycles. The molecule has 1 aromatic carbocycles. The molecule has 0 aliphatic heterocycles. The Labute approximate surface area is 149 Å². The van der Waals surface area contributed by atoms with Crippen LogP contribution in [0.1, 0.15) is 21.0 Å². The molecule has 1 heterocycles. The van der Waals surface area contributed by atoms with Crippen LogP contribution in [0.4, 0.5) is 0 Å². The molecule has 0 radical (unpaired) electrons. The summed E-state index contributed by atoms with van der Waals surface area (Å²) in [4.78, 5) is 22.1. The fourth-order valence-corrected chi connectivity index (χ4v) is 3.40. The first kappa shape index (κ1) is 18.6. The molecule has 0 atom stereocenters. The molecule has 2 aromatic rings. The number of hydrogen-bond donors (Lipinski definition) is 0. The smallest absolute Gasteiger partial charge is 0.227 e. The van der Waals surface area contributed by atoms with Gasteiger partial charge in [0.15, 0.2) is 0 Å². The highest BCUT2D eigenvalue weighted by Gasteiger charge is 2.17. The maximum Gasteiger partial charge on any atom is 0.227 e. The molecule has 0 aliphatic carbocycles. The van der Waals surface area contributed by atoms with Crippen molar-refractivity contribution in [2.75, 3.05) is 34.2 Å². The summed E-state index contributed by atoms with van der Waals surface area (Å²) in [7, 11) is 5.90. The molecular weight excluding hydrogens is 318 g/mol. The molecule has 24 heavy (non-hydrogen) atoms. The lowest BCUT2D eigenvalue weighted by Gasteiger charge is -2.19. The minimum absolute atomic E-state index is 0.144. The largest absolute Gasteiger partial charge is 0.344 e. The van der Waals surface area contributed by atoms with Gasteiger partial charge in [0.25, 0.3) is 0 Å². The second kappa shape index (κ2) is 7.90. The zero-order chi connectivity index (χ0) is 17.9. The van der Waals surface area contributed by atoms with Gasteiger partial charge in [-0.05, 0) is 52.1 Å². The van der Waals surface area contributed by atoms with Gasteiger partial charge in [-0.2, -0.15) is 0 Å². The Kier molecular flexibility index (Phi) is 6.13. The number of nitrogens with zero attached hydrogens (tertiary/aromatic N) is 3. The molecule has 0 N–H and O–H groups in total. The number of hydrogen-bond acceptors (Lipinski definition) is 4. The van der Waals surface area contributed by atoms with E-state index in [0.717, 1.165) is 34.2 Å². The summed E-state index contributed by atoms with van der Waals surface area (Å²) in [5.74, 6) is 0.144. The van der Waals surface area contributed by atoms with E-state index in [0.29, 0.717) is 6.42 Å². The first-order chi connectivity index (χ1) is 11.3. The third-order valence-electron chi connectivity index (χ3n) is 4.20. The molecule has 0 fully saturated rings. The van der Waals surface area contributed by atoms with E-state index in [1.165, 1.54) is 11.1 Å². The van der Waals surface area contributed by atoms with Gasteiger partial charge in [0.1, 0.15) is 0 Å². The zero-order valence-corrected chi connectivity index (χ0v) is 16.3. The van der Waals surface area contributed by atoms with E-state index in [1.807, 2.05) is 28.1 Å². The van der Waals surface area contributed by atoms with Gasteiger partial charge >= 0.3 is 0 Å². The highest BCUT2D eigenvalue weighted by molar-refractivity contribution is 7.12. The summed E-state index contributed by atoms with van der Waals surface area (Å²) in [6.45, 7) is 7.82. The third kappa shape index (κ3) is 4.65. The monoisotopic (exact) mass is 345 g/mol. The molecule has 1 aromatic heterocycles. The topological polar surface area (TPSA) is 36.4 Å². The first-order valence-electron chi connectivity index (χ1n) is 8.20. The van der Waals surface area contributed by atoms with Crippen LogP contribution in [0.3, 0.4) is 0 Å². The van der Waals surface area contributed by atoms with Crippen molar-refractivity contribution in [2.24, 2.45) is 0 Å². The van der Waals surface area contributed by atoms with Crippen molar-refractivity contribution in [1.82, 2.24) is 14.8 Å². The second-order valence-electron chi connectivity index (χ2n) is 6.60. The fourth-order valence-electron chi connectivity index (χ4n) is 2.45. The van der Waals surface area contributed by atoms with Crippen LogP contribution in [0.25, 0.3) is 11.3 Å². The van der Waals surface area contributed by atoms with Gasteiger partial charge in [-0.15, -0.1) is 11.3 Å². The molecule has 2 rings (SSSR count). The quantitative estimate of drug-likeness (QED) is 0.806. The average Bonchev–Trinajstić information content (AvgIpc) is 2.88.